The number of hydrogen-bond donors (Lipinski definition) is 4. The molecule has 0 saturated carbocycles. The summed E-state index contributed by atoms with van der Waals surface area (Å²) in [5, 5.41) is 24.7. The SMILES string of the molecule is CCc1ccc(-c2ccccc2)cc1C(=O)N[C@@H](CO)C(=O)NC(CC(C)C)C(=O)C1(CO)CO1. The molecule has 2 aromatic carbocycles. The van der Waals surface area contributed by atoms with E-state index < -0.39 is 48.5 Å². The molecule has 1 aliphatic heterocycles. The van der Waals surface area contributed by atoms with E-state index in [1.807, 2.05) is 63.2 Å². The highest BCUT2D eigenvalue weighted by molar-refractivity contribution is 6.01. The van der Waals surface area contributed by atoms with Crippen LogP contribution in [0.4, 0.5) is 0 Å². The number of aliphatic hydroxyl groups excluding tert-OH is 2. The lowest BCUT2D eigenvalue weighted by atomic mass is 9.92. The number of nitrogens with one attached hydrogen (secondary N) is 2. The lowest BCUT2D eigenvalue weighted by Gasteiger charge is -2.25. The summed E-state index contributed by atoms with van der Waals surface area (Å²) < 4.78 is 5.16. The number of ether oxygens (including phenoxy) is 1. The molecule has 0 bridgehead atoms. The Hall–Kier alpha value is -3.07. The molecular weight excluding hydrogens is 448 g/mol. The number of benzene rings is 2. The largest absolute Gasteiger partial charge is 0.394 e. The average Bonchev–Trinajstić information content (AvgIpc) is 3.67. The standard InChI is InChI=1S/C27H34N2O6/c1-4-18-10-11-20(19-8-6-5-7-9-19)13-21(18)25(33)29-23(14-30)26(34)28-22(12-17(2)3)24(32)27(15-31)16-35-27/h5-11,13,17,22-23,30-31H,4,12,14-16H2,1-3H3,(H,28,34)(H,29,33)/t22?,23-,27?/m0/s1. The van der Waals surface area contributed by atoms with Gasteiger partial charge in [-0.25, -0.2) is 0 Å². The maximum atomic E-state index is 13.2. The maximum absolute atomic E-state index is 13.2. The van der Waals surface area contributed by atoms with Crippen LogP contribution in [-0.4, -0.2) is 65.3 Å². The minimum absolute atomic E-state index is 0.0775. The Morgan fingerprint density at radius 2 is 1.69 bits per heavy atom. The molecular formula is C27H34N2O6. The number of Topliss-reactive ketones (excluding diaryl/α,β-unsaturated/α-hetero) is 1. The van der Waals surface area contributed by atoms with Gasteiger partial charge in [0.2, 0.25) is 5.91 Å². The van der Waals surface area contributed by atoms with Gasteiger partial charge in [-0.3, -0.25) is 14.4 Å². The molecule has 4 N–H and O–H groups in total. The van der Waals surface area contributed by atoms with Crippen LogP contribution in [0, 0.1) is 5.92 Å². The number of aryl methyl sites for hydroxylation is 1. The van der Waals surface area contributed by atoms with E-state index in [9.17, 15) is 24.6 Å². The van der Waals surface area contributed by atoms with Gasteiger partial charge in [-0.2, -0.15) is 0 Å². The van der Waals surface area contributed by atoms with Crippen molar-refractivity contribution < 1.29 is 29.3 Å². The van der Waals surface area contributed by atoms with Crippen LogP contribution in [0.1, 0.15) is 43.1 Å². The van der Waals surface area contributed by atoms with Crippen molar-refractivity contribution in [2.75, 3.05) is 19.8 Å². The molecule has 2 amide bonds. The quantitative estimate of drug-likeness (QED) is 0.342. The summed E-state index contributed by atoms with van der Waals surface area (Å²) in [5.74, 6) is -1.49. The van der Waals surface area contributed by atoms with Gasteiger partial charge >= 0.3 is 0 Å². The molecule has 35 heavy (non-hydrogen) atoms. The van der Waals surface area contributed by atoms with Gasteiger partial charge < -0.3 is 25.6 Å². The van der Waals surface area contributed by atoms with E-state index in [1.165, 1.54) is 0 Å². The fourth-order valence-corrected chi connectivity index (χ4v) is 4.03. The molecule has 0 radical (unpaired) electrons. The third-order valence-corrected chi connectivity index (χ3v) is 6.18. The summed E-state index contributed by atoms with van der Waals surface area (Å²) >= 11 is 0. The highest BCUT2D eigenvalue weighted by Gasteiger charge is 2.54. The first-order valence-corrected chi connectivity index (χ1v) is 11.9. The first-order valence-electron chi connectivity index (χ1n) is 11.9. The van der Waals surface area contributed by atoms with E-state index >= 15 is 0 Å². The molecule has 3 rings (SSSR count). The second-order valence-corrected chi connectivity index (χ2v) is 9.30. The molecule has 1 heterocycles. The van der Waals surface area contributed by atoms with E-state index in [-0.39, 0.29) is 12.5 Å². The van der Waals surface area contributed by atoms with E-state index in [2.05, 4.69) is 10.6 Å². The fraction of sp³-hybridized carbons (Fsp3) is 0.444. The minimum Gasteiger partial charge on any atom is -0.394 e. The summed E-state index contributed by atoms with van der Waals surface area (Å²) in [6.07, 6.45) is 0.947. The first kappa shape index (κ1) is 26.5. The van der Waals surface area contributed by atoms with Crippen LogP contribution in [-0.2, 0) is 20.7 Å². The third kappa shape index (κ3) is 6.33. The van der Waals surface area contributed by atoms with Gasteiger partial charge in [0, 0.05) is 5.56 Å². The molecule has 0 spiro atoms. The molecule has 1 saturated heterocycles. The summed E-state index contributed by atoms with van der Waals surface area (Å²) in [6, 6.07) is 13.1. The number of ketones is 1. The lowest BCUT2D eigenvalue weighted by molar-refractivity contribution is -0.133. The maximum Gasteiger partial charge on any atom is 0.252 e. The average molecular weight is 483 g/mol. The lowest BCUT2D eigenvalue weighted by Crippen LogP contribution is -2.55. The van der Waals surface area contributed by atoms with Crippen molar-refractivity contribution in [3.05, 3.63) is 59.7 Å². The second kappa shape index (κ2) is 11.6. The zero-order valence-electron chi connectivity index (χ0n) is 20.4. The number of aliphatic hydroxyl groups is 2. The van der Waals surface area contributed by atoms with Gasteiger partial charge in [0.15, 0.2) is 11.4 Å². The van der Waals surface area contributed by atoms with E-state index in [0.717, 1.165) is 16.7 Å². The number of amides is 2. The number of rotatable bonds is 12. The zero-order chi connectivity index (χ0) is 25.6. The van der Waals surface area contributed by atoms with E-state index in [4.69, 9.17) is 4.74 Å². The highest BCUT2D eigenvalue weighted by Crippen LogP contribution is 2.30. The molecule has 188 valence electrons. The van der Waals surface area contributed by atoms with Crippen LogP contribution in [0.3, 0.4) is 0 Å². The van der Waals surface area contributed by atoms with Crippen molar-refractivity contribution in [2.45, 2.75) is 51.3 Å². The number of carbonyl (C=O) groups is 3. The smallest absolute Gasteiger partial charge is 0.252 e. The number of epoxide rings is 1. The zero-order valence-corrected chi connectivity index (χ0v) is 20.4. The normalized spacial score (nSPS) is 18.6. The summed E-state index contributed by atoms with van der Waals surface area (Å²) in [6.45, 7) is 4.75. The Morgan fingerprint density at radius 1 is 1.00 bits per heavy atom. The molecule has 1 fully saturated rings. The molecule has 1 aliphatic rings. The Labute approximate surface area is 205 Å². The van der Waals surface area contributed by atoms with E-state index in [1.54, 1.807) is 6.07 Å². The van der Waals surface area contributed by atoms with Gasteiger partial charge in [-0.05, 0) is 41.5 Å². The van der Waals surface area contributed by atoms with Crippen molar-refractivity contribution in [3.8, 4) is 11.1 Å². The Bertz CT molecular complexity index is 1050. The van der Waals surface area contributed by atoms with Crippen LogP contribution in [0.25, 0.3) is 11.1 Å². The molecule has 0 aromatic heterocycles. The van der Waals surface area contributed by atoms with Gasteiger partial charge in [-0.15, -0.1) is 0 Å². The highest BCUT2D eigenvalue weighted by atomic mass is 16.6. The van der Waals surface area contributed by atoms with Crippen molar-refractivity contribution >= 4 is 17.6 Å². The third-order valence-electron chi connectivity index (χ3n) is 6.18. The Morgan fingerprint density at radius 3 is 2.23 bits per heavy atom. The minimum atomic E-state index is -1.28. The molecule has 8 heteroatoms. The summed E-state index contributed by atoms with van der Waals surface area (Å²) in [5.41, 5.74) is 1.76. The monoisotopic (exact) mass is 482 g/mol. The predicted molar refractivity (Wildman–Crippen MR) is 132 cm³/mol. The van der Waals surface area contributed by atoms with Crippen LogP contribution >= 0.6 is 0 Å². The number of carbonyl (C=O) groups excluding carboxylic acids is 3. The van der Waals surface area contributed by atoms with Crippen molar-refractivity contribution in [1.82, 2.24) is 10.6 Å². The first-order chi connectivity index (χ1) is 16.7. The van der Waals surface area contributed by atoms with Gasteiger partial charge in [-0.1, -0.05) is 63.2 Å². The van der Waals surface area contributed by atoms with Crippen molar-refractivity contribution in [3.63, 3.8) is 0 Å². The van der Waals surface area contributed by atoms with E-state index in [0.29, 0.717) is 18.4 Å². The van der Waals surface area contributed by atoms with Gasteiger partial charge in [0.05, 0.1) is 25.9 Å². The van der Waals surface area contributed by atoms with Crippen LogP contribution in [0.15, 0.2) is 48.5 Å². The van der Waals surface area contributed by atoms with Crippen LogP contribution < -0.4 is 10.6 Å². The topological polar surface area (TPSA) is 128 Å². The fourth-order valence-electron chi connectivity index (χ4n) is 4.03. The molecule has 2 unspecified atom stereocenters. The Kier molecular flexibility index (Phi) is 8.77. The summed E-state index contributed by atoms with van der Waals surface area (Å²) in [4.78, 5) is 39.0. The molecule has 2 aromatic rings. The van der Waals surface area contributed by atoms with Gasteiger partial charge in [0.25, 0.3) is 5.91 Å². The van der Waals surface area contributed by atoms with Crippen LogP contribution in [0.2, 0.25) is 0 Å². The second-order valence-electron chi connectivity index (χ2n) is 9.30. The molecule has 8 nitrogen and oxygen atoms in total. The predicted octanol–water partition coefficient (Wildman–Crippen LogP) is 1.87. The van der Waals surface area contributed by atoms with Gasteiger partial charge in [0.1, 0.15) is 6.04 Å². The molecule has 3 atom stereocenters. The van der Waals surface area contributed by atoms with Crippen molar-refractivity contribution in [2.24, 2.45) is 5.92 Å². The van der Waals surface area contributed by atoms with Crippen molar-refractivity contribution in [1.29, 1.82) is 0 Å². The Balaban J connectivity index is 1.77. The van der Waals surface area contributed by atoms with Crippen LogP contribution in [0.5, 0.6) is 0 Å². The summed E-state index contributed by atoms with van der Waals surface area (Å²) in [7, 11) is 0. The molecule has 0 aliphatic carbocycles. The number of hydrogen-bond acceptors (Lipinski definition) is 6.